The molecule has 3 heterocycles. The number of nitrogens with zero attached hydrogens (tertiary/aromatic N) is 1. The summed E-state index contributed by atoms with van der Waals surface area (Å²) < 4.78 is 40.4. The Kier molecular flexibility index (Phi) is 4.79. The highest BCUT2D eigenvalue weighted by Crippen LogP contribution is 2.29. The Balaban J connectivity index is 1.68. The Morgan fingerprint density at radius 2 is 1.76 bits per heavy atom. The van der Waals surface area contributed by atoms with Gasteiger partial charge in [0.25, 0.3) is 17.4 Å². The van der Waals surface area contributed by atoms with Crippen molar-refractivity contribution in [2.75, 3.05) is 25.6 Å². The predicted octanol–water partition coefficient (Wildman–Crippen LogP) is 1.39. The minimum absolute atomic E-state index is 0.133. The van der Waals surface area contributed by atoms with Crippen LogP contribution in [-0.4, -0.2) is 36.2 Å². The van der Waals surface area contributed by atoms with Crippen LogP contribution in [0, 0.1) is 17.6 Å². The molecule has 1 aromatic heterocycles. The molecule has 0 radical (unpaired) electrons. The van der Waals surface area contributed by atoms with Crippen LogP contribution >= 0.6 is 0 Å². The van der Waals surface area contributed by atoms with Gasteiger partial charge in [-0.05, 0) is 18.8 Å². The van der Waals surface area contributed by atoms with E-state index < -0.39 is 34.8 Å². The number of fused-ring (bicyclic) bond motifs is 1. The maximum absolute atomic E-state index is 14.5. The second-order valence-electron chi connectivity index (χ2n) is 6.88. The predicted molar refractivity (Wildman–Crippen MR) is 97.2 cm³/mol. The Hall–Kier alpha value is -3.27. The number of carbonyl (C=O) groups is 2. The van der Waals surface area contributed by atoms with Gasteiger partial charge < -0.3 is 15.2 Å². The van der Waals surface area contributed by atoms with Gasteiger partial charge in [-0.2, -0.15) is 0 Å². The number of benzene rings is 1. The van der Waals surface area contributed by atoms with E-state index in [0.29, 0.717) is 13.2 Å². The first kappa shape index (κ1) is 19.1. The lowest BCUT2D eigenvalue weighted by Crippen LogP contribution is -2.24. The lowest BCUT2D eigenvalue weighted by molar-refractivity contribution is 0.0485. The SMILES string of the molecule is Nc1c2c(cc(=O)n1-c1cc(F)c(OCC3CCOCC3)c(F)c1)C(=O)NC2=O. The quantitative estimate of drug-likeness (QED) is 0.744. The molecule has 0 unspecified atom stereocenters. The molecule has 8 nitrogen and oxygen atoms in total. The molecular formula is C19H17F2N3O5. The molecule has 0 bridgehead atoms. The molecule has 4 rings (SSSR count). The Morgan fingerprint density at radius 1 is 1.10 bits per heavy atom. The molecule has 0 atom stereocenters. The molecule has 1 aromatic carbocycles. The van der Waals surface area contributed by atoms with E-state index >= 15 is 0 Å². The standard InChI is InChI=1S/C19H17F2N3O5/c20-12-5-10(6-13(21)16(12)29-8-9-1-3-28-4-2-9)24-14(25)7-11-15(17(24)22)19(27)23-18(11)26/h5-7,9H,1-4,8,22H2,(H,23,26,27). The van der Waals surface area contributed by atoms with Crippen molar-refractivity contribution < 1.29 is 27.8 Å². The first-order valence-corrected chi connectivity index (χ1v) is 8.98. The third-order valence-corrected chi connectivity index (χ3v) is 5.00. The van der Waals surface area contributed by atoms with Crippen LogP contribution in [0.4, 0.5) is 14.6 Å². The summed E-state index contributed by atoms with van der Waals surface area (Å²) in [5, 5.41) is 2.02. The number of ether oxygens (including phenoxy) is 2. The Morgan fingerprint density at radius 3 is 2.41 bits per heavy atom. The first-order valence-electron chi connectivity index (χ1n) is 8.98. The van der Waals surface area contributed by atoms with Crippen LogP contribution in [0.5, 0.6) is 5.75 Å². The van der Waals surface area contributed by atoms with Crippen LogP contribution in [0.1, 0.15) is 33.6 Å². The van der Waals surface area contributed by atoms with Crippen molar-refractivity contribution >= 4 is 17.6 Å². The number of imide groups is 1. The number of nitrogen functional groups attached to an aromatic ring is 1. The van der Waals surface area contributed by atoms with Gasteiger partial charge in [-0.3, -0.25) is 24.3 Å². The van der Waals surface area contributed by atoms with Crippen molar-refractivity contribution in [2.45, 2.75) is 12.8 Å². The molecule has 2 aromatic rings. The smallest absolute Gasteiger partial charge is 0.262 e. The molecule has 2 aliphatic rings. The van der Waals surface area contributed by atoms with Gasteiger partial charge >= 0.3 is 0 Å². The Bertz CT molecular complexity index is 1050. The highest BCUT2D eigenvalue weighted by atomic mass is 19.1. The number of hydrogen-bond acceptors (Lipinski definition) is 6. The molecule has 2 amide bonds. The fraction of sp³-hybridized carbons (Fsp3) is 0.316. The van der Waals surface area contributed by atoms with Gasteiger partial charge in [-0.15, -0.1) is 0 Å². The summed E-state index contributed by atoms with van der Waals surface area (Å²) in [7, 11) is 0. The zero-order valence-corrected chi connectivity index (χ0v) is 15.2. The monoisotopic (exact) mass is 405 g/mol. The average molecular weight is 405 g/mol. The first-order chi connectivity index (χ1) is 13.9. The van der Waals surface area contributed by atoms with E-state index in [1.54, 1.807) is 0 Å². The van der Waals surface area contributed by atoms with Crippen LogP contribution in [0.3, 0.4) is 0 Å². The maximum atomic E-state index is 14.5. The minimum Gasteiger partial charge on any atom is -0.487 e. The average Bonchev–Trinajstić information content (AvgIpc) is 2.95. The van der Waals surface area contributed by atoms with Gasteiger partial charge in [0.05, 0.1) is 23.4 Å². The van der Waals surface area contributed by atoms with Crippen LogP contribution in [0.15, 0.2) is 23.0 Å². The molecule has 1 saturated heterocycles. The van der Waals surface area contributed by atoms with Crippen LogP contribution < -0.4 is 21.3 Å². The summed E-state index contributed by atoms with van der Waals surface area (Å²) in [6.07, 6.45) is 1.48. The molecule has 0 saturated carbocycles. The molecule has 3 N–H and O–H groups in total. The van der Waals surface area contributed by atoms with E-state index in [1.807, 2.05) is 5.32 Å². The number of halogens is 2. The van der Waals surface area contributed by atoms with Crippen LogP contribution in [-0.2, 0) is 4.74 Å². The van der Waals surface area contributed by atoms with Crippen molar-refractivity contribution in [3.05, 3.63) is 51.3 Å². The van der Waals surface area contributed by atoms with E-state index in [0.717, 1.165) is 35.6 Å². The maximum Gasteiger partial charge on any atom is 0.262 e. The fourth-order valence-electron chi connectivity index (χ4n) is 3.47. The molecule has 152 valence electrons. The second-order valence-corrected chi connectivity index (χ2v) is 6.88. The lowest BCUT2D eigenvalue weighted by Gasteiger charge is -2.22. The van der Waals surface area contributed by atoms with Crippen molar-refractivity contribution in [3.63, 3.8) is 0 Å². The number of aromatic nitrogens is 1. The van der Waals surface area contributed by atoms with E-state index in [2.05, 4.69) is 0 Å². The molecule has 29 heavy (non-hydrogen) atoms. The number of anilines is 1. The van der Waals surface area contributed by atoms with Gasteiger partial charge in [0.1, 0.15) is 5.82 Å². The number of pyridine rings is 1. The minimum atomic E-state index is -1.01. The van der Waals surface area contributed by atoms with Gasteiger partial charge in [0, 0.05) is 31.4 Å². The van der Waals surface area contributed by atoms with E-state index in [9.17, 15) is 23.2 Å². The zero-order valence-electron chi connectivity index (χ0n) is 15.2. The highest BCUT2D eigenvalue weighted by Gasteiger charge is 2.32. The van der Waals surface area contributed by atoms with Gasteiger partial charge in [-0.1, -0.05) is 0 Å². The Labute approximate surface area is 163 Å². The van der Waals surface area contributed by atoms with Crippen molar-refractivity contribution in [1.29, 1.82) is 0 Å². The molecule has 1 fully saturated rings. The lowest BCUT2D eigenvalue weighted by atomic mass is 10.0. The number of hydrogen-bond donors (Lipinski definition) is 2. The number of rotatable bonds is 4. The van der Waals surface area contributed by atoms with Crippen molar-refractivity contribution in [3.8, 4) is 11.4 Å². The number of carbonyl (C=O) groups excluding carboxylic acids is 2. The van der Waals surface area contributed by atoms with Gasteiger partial charge in [-0.25, -0.2) is 8.78 Å². The van der Waals surface area contributed by atoms with Crippen LogP contribution in [0.2, 0.25) is 0 Å². The fourth-order valence-corrected chi connectivity index (χ4v) is 3.47. The summed E-state index contributed by atoms with van der Waals surface area (Å²) in [4.78, 5) is 36.0. The number of amides is 2. The molecule has 0 spiro atoms. The third kappa shape index (κ3) is 3.35. The summed E-state index contributed by atoms with van der Waals surface area (Å²) in [5.74, 6) is -4.37. The van der Waals surface area contributed by atoms with Crippen molar-refractivity contribution in [1.82, 2.24) is 9.88 Å². The van der Waals surface area contributed by atoms with E-state index in [-0.39, 0.29) is 35.2 Å². The summed E-state index contributed by atoms with van der Waals surface area (Å²) >= 11 is 0. The molecule has 0 aliphatic carbocycles. The molecule has 2 aliphatic heterocycles. The second kappa shape index (κ2) is 7.28. The van der Waals surface area contributed by atoms with Crippen LogP contribution in [0.25, 0.3) is 5.69 Å². The molecule has 10 heteroatoms. The van der Waals surface area contributed by atoms with Gasteiger partial charge in [0.2, 0.25) is 0 Å². The largest absolute Gasteiger partial charge is 0.487 e. The summed E-state index contributed by atoms with van der Waals surface area (Å²) in [6.45, 7) is 1.29. The van der Waals surface area contributed by atoms with Gasteiger partial charge in [0.15, 0.2) is 17.4 Å². The zero-order chi connectivity index (χ0) is 20.7. The number of nitrogens with two attached hydrogens (primary N) is 1. The summed E-state index contributed by atoms with van der Waals surface area (Å²) in [5.41, 5.74) is 4.46. The summed E-state index contributed by atoms with van der Waals surface area (Å²) in [6, 6.07) is 2.68. The van der Waals surface area contributed by atoms with E-state index in [4.69, 9.17) is 15.2 Å². The van der Waals surface area contributed by atoms with E-state index in [1.165, 1.54) is 0 Å². The normalized spacial score (nSPS) is 16.6. The topological polar surface area (TPSA) is 113 Å². The highest BCUT2D eigenvalue weighted by molar-refractivity contribution is 6.23. The number of nitrogens with one attached hydrogen (secondary N) is 1. The third-order valence-electron chi connectivity index (χ3n) is 5.00. The molecular weight excluding hydrogens is 388 g/mol. The van der Waals surface area contributed by atoms with Crippen molar-refractivity contribution in [2.24, 2.45) is 5.92 Å².